The van der Waals surface area contributed by atoms with Crippen LogP contribution in [0.25, 0.3) is 0 Å². The molecule has 0 fully saturated rings. The van der Waals surface area contributed by atoms with Crippen LogP contribution in [-0.2, 0) is 6.42 Å². The first kappa shape index (κ1) is 11.8. The van der Waals surface area contributed by atoms with Gasteiger partial charge in [0.05, 0.1) is 15.0 Å². The lowest BCUT2D eigenvalue weighted by Gasteiger charge is -2.11. The first-order valence-electron chi connectivity index (χ1n) is 4.24. The summed E-state index contributed by atoms with van der Waals surface area (Å²) in [5.41, 5.74) is 6.51. The van der Waals surface area contributed by atoms with Crippen molar-refractivity contribution in [1.29, 1.82) is 0 Å². The van der Waals surface area contributed by atoms with Gasteiger partial charge in [-0.2, -0.15) is 0 Å². The maximum absolute atomic E-state index is 6.03. The van der Waals surface area contributed by atoms with Crippen LogP contribution in [0.15, 0.2) is 18.2 Å². The third-order valence-electron chi connectivity index (χ3n) is 2.04. The fourth-order valence-electron chi connectivity index (χ4n) is 1.14. The largest absolute Gasteiger partial charge is 0.393 e. The summed E-state index contributed by atoms with van der Waals surface area (Å²) < 4.78 is 0. The van der Waals surface area contributed by atoms with Crippen molar-refractivity contribution in [2.45, 2.75) is 13.3 Å². The molecule has 14 heavy (non-hydrogen) atoms. The van der Waals surface area contributed by atoms with Crippen molar-refractivity contribution < 1.29 is 0 Å². The molecule has 4 heteroatoms. The fourth-order valence-corrected chi connectivity index (χ4v) is 1.62. The zero-order chi connectivity index (χ0) is 10.7. The van der Waals surface area contributed by atoms with Gasteiger partial charge in [-0.25, -0.2) is 0 Å². The van der Waals surface area contributed by atoms with Crippen LogP contribution in [0.2, 0.25) is 10.0 Å². The summed E-state index contributed by atoms with van der Waals surface area (Å²) in [5.74, 6) is 0.140. The van der Waals surface area contributed by atoms with Crippen LogP contribution < -0.4 is 5.73 Å². The third-order valence-corrected chi connectivity index (χ3v) is 3.30. The SMILES string of the molecule is CC(Cc1cccc(Cl)c1Cl)C(N)=S. The number of thiocarbonyl (C=S) groups is 1. The van der Waals surface area contributed by atoms with Gasteiger partial charge < -0.3 is 5.73 Å². The minimum Gasteiger partial charge on any atom is -0.393 e. The molecule has 1 atom stereocenters. The van der Waals surface area contributed by atoms with E-state index in [1.807, 2.05) is 19.1 Å². The van der Waals surface area contributed by atoms with Crippen molar-refractivity contribution in [3.8, 4) is 0 Å². The molecule has 0 bridgehead atoms. The van der Waals surface area contributed by atoms with E-state index < -0.39 is 0 Å². The minimum atomic E-state index is 0.140. The van der Waals surface area contributed by atoms with Gasteiger partial charge in [0.25, 0.3) is 0 Å². The van der Waals surface area contributed by atoms with E-state index in [1.54, 1.807) is 6.07 Å². The lowest BCUT2D eigenvalue weighted by molar-refractivity contribution is 0.772. The number of halogens is 2. The Morgan fingerprint density at radius 1 is 1.50 bits per heavy atom. The van der Waals surface area contributed by atoms with Gasteiger partial charge in [-0.1, -0.05) is 54.5 Å². The second kappa shape index (κ2) is 4.96. The molecular weight excluding hydrogens is 237 g/mol. The smallest absolute Gasteiger partial charge is 0.0759 e. The maximum atomic E-state index is 6.03. The van der Waals surface area contributed by atoms with E-state index in [0.717, 1.165) is 12.0 Å². The van der Waals surface area contributed by atoms with Crippen molar-refractivity contribution in [2.75, 3.05) is 0 Å². The van der Waals surface area contributed by atoms with Crippen molar-refractivity contribution in [3.63, 3.8) is 0 Å². The van der Waals surface area contributed by atoms with Crippen molar-refractivity contribution in [2.24, 2.45) is 11.7 Å². The summed E-state index contributed by atoms with van der Waals surface area (Å²) in [5, 5.41) is 1.16. The predicted octanol–water partition coefficient (Wildman–Crippen LogP) is 3.46. The Morgan fingerprint density at radius 3 is 2.71 bits per heavy atom. The fraction of sp³-hybridized carbons (Fsp3) is 0.300. The quantitative estimate of drug-likeness (QED) is 0.829. The summed E-state index contributed by atoms with van der Waals surface area (Å²) in [6.07, 6.45) is 0.731. The van der Waals surface area contributed by atoms with Gasteiger partial charge in [0.2, 0.25) is 0 Å². The average molecular weight is 248 g/mol. The van der Waals surface area contributed by atoms with Gasteiger partial charge in [-0.15, -0.1) is 0 Å². The molecule has 1 unspecified atom stereocenters. The Morgan fingerprint density at radius 2 is 2.14 bits per heavy atom. The summed E-state index contributed by atoms with van der Waals surface area (Å²) in [6, 6.07) is 5.57. The van der Waals surface area contributed by atoms with Gasteiger partial charge in [0, 0.05) is 5.92 Å². The molecule has 2 N–H and O–H groups in total. The zero-order valence-corrected chi connectivity index (χ0v) is 10.1. The second-order valence-corrected chi connectivity index (χ2v) is 4.48. The Kier molecular flexibility index (Phi) is 4.17. The van der Waals surface area contributed by atoms with E-state index in [2.05, 4.69) is 0 Å². The number of benzene rings is 1. The van der Waals surface area contributed by atoms with Crippen LogP contribution in [0.4, 0.5) is 0 Å². The molecule has 0 aliphatic rings. The molecule has 0 spiro atoms. The molecule has 0 saturated heterocycles. The summed E-state index contributed by atoms with van der Waals surface area (Å²) >= 11 is 16.8. The predicted molar refractivity (Wildman–Crippen MR) is 66.1 cm³/mol. The molecule has 0 heterocycles. The lowest BCUT2D eigenvalue weighted by Crippen LogP contribution is -2.20. The van der Waals surface area contributed by atoms with Crippen molar-refractivity contribution >= 4 is 40.4 Å². The Bertz CT molecular complexity index is 352. The van der Waals surface area contributed by atoms with E-state index >= 15 is 0 Å². The lowest BCUT2D eigenvalue weighted by atomic mass is 10.0. The van der Waals surface area contributed by atoms with Gasteiger partial charge in [0.1, 0.15) is 0 Å². The van der Waals surface area contributed by atoms with Crippen LogP contribution in [0.1, 0.15) is 12.5 Å². The summed E-state index contributed by atoms with van der Waals surface area (Å²) in [4.78, 5) is 0.501. The number of nitrogens with two attached hydrogens (primary N) is 1. The standard InChI is InChI=1S/C10H11Cl2NS/c1-6(10(13)14)5-7-3-2-4-8(11)9(7)12/h2-4,6H,5H2,1H3,(H2,13,14). The van der Waals surface area contributed by atoms with Gasteiger partial charge >= 0.3 is 0 Å². The maximum Gasteiger partial charge on any atom is 0.0759 e. The van der Waals surface area contributed by atoms with E-state index in [9.17, 15) is 0 Å². The highest BCUT2D eigenvalue weighted by atomic mass is 35.5. The zero-order valence-electron chi connectivity index (χ0n) is 7.76. The second-order valence-electron chi connectivity index (χ2n) is 3.22. The monoisotopic (exact) mass is 247 g/mol. The highest BCUT2D eigenvalue weighted by Gasteiger charge is 2.10. The first-order chi connectivity index (χ1) is 6.52. The molecule has 0 radical (unpaired) electrons. The van der Waals surface area contributed by atoms with E-state index in [4.69, 9.17) is 41.2 Å². The van der Waals surface area contributed by atoms with Gasteiger partial charge in [-0.3, -0.25) is 0 Å². The molecule has 0 aromatic heterocycles. The summed E-state index contributed by atoms with van der Waals surface area (Å²) in [7, 11) is 0. The summed E-state index contributed by atoms with van der Waals surface area (Å²) in [6.45, 7) is 1.97. The molecule has 1 aromatic carbocycles. The molecule has 1 rings (SSSR count). The van der Waals surface area contributed by atoms with Crippen molar-refractivity contribution in [3.05, 3.63) is 33.8 Å². The van der Waals surface area contributed by atoms with Crippen molar-refractivity contribution in [1.82, 2.24) is 0 Å². The van der Waals surface area contributed by atoms with Crippen LogP contribution in [0, 0.1) is 5.92 Å². The normalized spacial score (nSPS) is 12.5. The van der Waals surface area contributed by atoms with E-state index in [-0.39, 0.29) is 5.92 Å². The van der Waals surface area contributed by atoms with Gasteiger partial charge in [0.15, 0.2) is 0 Å². The van der Waals surface area contributed by atoms with Gasteiger partial charge in [-0.05, 0) is 18.1 Å². The molecule has 1 aromatic rings. The van der Waals surface area contributed by atoms with Crippen LogP contribution in [0.3, 0.4) is 0 Å². The molecular formula is C10H11Cl2NS. The first-order valence-corrected chi connectivity index (χ1v) is 5.41. The molecule has 0 saturated carbocycles. The molecule has 76 valence electrons. The van der Waals surface area contributed by atoms with Crippen LogP contribution in [-0.4, -0.2) is 4.99 Å². The average Bonchev–Trinajstić information content (AvgIpc) is 2.12. The molecule has 0 aliphatic heterocycles. The molecule has 0 amide bonds. The topological polar surface area (TPSA) is 26.0 Å². The number of hydrogen-bond acceptors (Lipinski definition) is 1. The molecule has 0 aliphatic carbocycles. The highest BCUT2D eigenvalue weighted by Crippen LogP contribution is 2.27. The number of hydrogen-bond donors (Lipinski definition) is 1. The minimum absolute atomic E-state index is 0.140. The Hall–Kier alpha value is -0.310. The highest BCUT2D eigenvalue weighted by molar-refractivity contribution is 7.80. The van der Waals surface area contributed by atoms with Crippen LogP contribution >= 0.6 is 35.4 Å². The Balaban J connectivity index is 2.87. The van der Waals surface area contributed by atoms with E-state index in [0.29, 0.717) is 15.0 Å². The van der Waals surface area contributed by atoms with Crippen LogP contribution in [0.5, 0.6) is 0 Å². The molecule has 1 nitrogen and oxygen atoms in total. The third kappa shape index (κ3) is 2.84. The van der Waals surface area contributed by atoms with E-state index in [1.165, 1.54) is 0 Å². The Labute approximate surface area is 99.2 Å². The number of rotatable bonds is 3.